The van der Waals surface area contributed by atoms with Gasteiger partial charge in [0, 0.05) is 18.8 Å². The van der Waals surface area contributed by atoms with Crippen LogP contribution in [0.25, 0.3) is 0 Å². The standard InChI is InChI=1S/C16H17N3O2S/c17-11-13-7-10-22-16(13)18-15(21)12-19(8-4-9-20)14-5-2-1-3-6-14/h1-3,5-7,10,20H,4,8-9,12H2,(H,18,21). The van der Waals surface area contributed by atoms with Gasteiger partial charge in [0.2, 0.25) is 5.91 Å². The summed E-state index contributed by atoms with van der Waals surface area (Å²) < 4.78 is 0. The van der Waals surface area contributed by atoms with Gasteiger partial charge in [-0.15, -0.1) is 11.3 Å². The van der Waals surface area contributed by atoms with Gasteiger partial charge < -0.3 is 15.3 Å². The second kappa shape index (κ2) is 8.17. The number of aliphatic hydroxyl groups is 1. The fourth-order valence-corrected chi connectivity index (χ4v) is 2.79. The highest BCUT2D eigenvalue weighted by molar-refractivity contribution is 7.14. The van der Waals surface area contributed by atoms with E-state index in [1.54, 1.807) is 11.4 Å². The number of carbonyl (C=O) groups is 1. The van der Waals surface area contributed by atoms with Gasteiger partial charge in [0.15, 0.2) is 0 Å². The SMILES string of the molecule is N#Cc1ccsc1NC(=O)CN(CCCO)c1ccccc1. The largest absolute Gasteiger partial charge is 0.396 e. The summed E-state index contributed by atoms with van der Waals surface area (Å²) in [6.45, 7) is 0.838. The lowest BCUT2D eigenvalue weighted by atomic mass is 10.2. The third kappa shape index (κ3) is 4.32. The van der Waals surface area contributed by atoms with E-state index < -0.39 is 0 Å². The first-order valence-electron chi connectivity index (χ1n) is 6.93. The van der Waals surface area contributed by atoms with Crippen molar-refractivity contribution in [3.05, 3.63) is 47.3 Å². The van der Waals surface area contributed by atoms with E-state index in [0.717, 1.165) is 5.69 Å². The van der Waals surface area contributed by atoms with E-state index in [0.29, 0.717) is 23.5 Å². The number of nitrogens with zero attached hydrogens (tertiary/aromatic N) is 2. The van der Waals surface area contributed by atoms with Gasteiger partial charge in [0.25, 0.3) is 0 Å². The van der Waals surface area contributed by atoms with Crippen LogP contribution in [0.3, 0.4) is 0 Å². The molecule has 1 aromatic carbocycles. The highest BCUT2D eigenvalue weighted by atomic mass is 32.1. The van der Waals surface area contributed by atoms with Crippen LogP contribution in [-0.2, 0) is 4.79 Å². The number of aliphatic hydroxyl groups excluding tert-OH is 1. The minimum Gasteiger partial charge on any atom is -0.396 e. The number of thiophene rings is 1. The van der Waals surface area contributed by atoms with Crippen LogP contribution in [0.4, 0.5) is 10.7 Å². The van der Waals surface area contributed by atoms with Crippen molar-refractivity contribution in [1.29, 1.82) is 5.26 Å². The van der Waals surface area contributed by atoms with Crippen molar-refractivity contribution >= 4 is 27.9 Å². The van der Waals surface area contributed by atoms with Crippen molar-refractivity contribution in [2.75, 3.05) is 29.9 Å². The maximum atomic E-state index is 12.2. The number of nitriles is 1. The Balaban J connectivity index is 2.04. The van der Waals surface area contributed by atoms with E-state index in [2.05, 4.69) is 5.32 Å². The highest BCUT2D eigenvalue weighted by Gasteiger charge is 2.13. The zero-order chi connectivity index (χ0) is 15.8. The maximum Gasteiger partial charge on any atom is 0.244 e. The van der Waals surface area contributed by atoms with Gasteiger partial charge >= 0.3 is 0 Å². The Labute approximate surface area is 133 Å². The molecule has 0 bridgehead atoms. The molecular formula is C16H17N3O2S. The van der Waals surface area contributed by atoms with Crippen LogP contribution in [-0.4, -0.2) is 30.7 Å². The zero-order valence-electron chi connectivity index (χ0n) is 12.0. The van der Waals surface area contributed by atoms with Crippen molar-refractivity contribution in [2.24, 2.45) is 0 Å². The van der Waals surface area contributed by atoms with Gasteiger partial charge in [-0.3, -0.25) is 4.79 Å². The molecule has 114 valence electrons. The molecule has 0 saturated heterocycles. The average molecular weight is 315 g/mol. The van der Waals surface area contributed by atoms with Crippen LogP contribution in [0.1, 0.15) is 12.0 Å². The minimum atomic E-state index is -0.180. The molecule has 0 unspecified atom stereocenters. The molecule has 2 N–H and O–H groups in total. The summed E-state index contributed by atoms with van der Waals surface area (Å²) in [7, 11) is 0. The third-order valence-corrected chi connectivity index (χ3v) is 3.91. The second-order valence-electron chi connectivity index (χ2n) is 4.66. The van der Waals surface area contributed by atoms with E-state index in [-0.39, 0.29) is 19.1 Å². The number of amides is 1. The number of nitrogens with one attached hydrogen (secondary N) is 1. The molecule has 2 rings (SSSR count). The average Bonchev–Trinajstić information content (AvgIpc) is 2.99. The molecule has 0 saturated carbocycles. The molecule has 0 atom stereocenters. The lowest BCUT2D eigenvalue weighted by Gasteiger charge is -2.23. The number of carbonyl (C=O) groups excluding carboxylic acids is 1. The highest BCUT2D eigenvalue weighted by Crippen LogP contribution is 2.22. The Morgan fingerprint density at radius 1 is 1.32 bits per heavy atom. The smallest absolute Gasteiger partial charge is 0.244 e. The van der Waals surface area contributed by atoms with Gasteiger partial charge in [0.1, 0.15) is 11.1 Å². The monoisotopic (exact) mass is 315 g/mol. The number of hydrogen-bond acceptors (Lipinski definition) is 5. The molecule has 6 heteroatoms. The number of rotatable bonds is 7. The summed E-state index contributed by atoms with van der Waals surface area (Å²) >= 11 is 1.33. The first-order chi connectivity index (χ1) is 10.7. The molecule has 0 radical (unpaired) electrons. The minimum absolute atomic E-state index is 0.0778. The van der Waals surface area contributed by atoms with Crippen LogP contribution < -0.4 is 10.2 Å². The molecular weight excluding hydrogens is 298 g/mol. The molecule has 0 spiro atoms. The third-order valence-electron chi connectivity index (χ3n) is 3.08. The molecule has 1 amide bonds. The van der Waals surface area contributed by atoms with Crippen molar-refractivity contribution in [3.8, 4) is 6.07 Å². The lowest BCUT2D eigenvalue weighted by Crippen LogP contribution is -2.34. The van der Waals surface area contributed by atoms with Crippen molar-refractivity contribution < 1.29 is 9.90 Å². The summed E-state index contributed by atoms with van der Waals surface area (Å²) in [5, 5.41) is 23.1. The van der Waals surface area contributed by atoms with E-state index in [1.165, 1.54) is 11.3 Å². The van der Waals surface area contributed by atoms with Crippen molar-refractivity contribution in [2.45, 2.75) is 6.42 Å². The molecule has 1 heterocycles. The van der Waals surface area contributed by atoms with Crippen molar-refractivity contribution in [1.82, 2.24) is 0 Å². The molecule has 0 aliphatic rings. The number of anilines is 2. The fraction of sp³-hybridized carbons (Fsp3) is 0.250. The topological polar surface area (TPSA) is 76.4 Å². The Kier molecular flexibility index (Phi) is 5.95. The first-order valence-corrected chi connectivity index (χ1v) is 7.81. The predicted octanol–water partition coefficient (Wildman–Crippen LogP) is 2.45. The summed E-state index contributed by atoms with van der Waals surface area (Å²) in [6, 6.07) is 13.3. The molecule has 0 fully saturated rings. The quantitative estimate of drug-likeness (QED) is 0.823. The second-order valence-corrected chi connectivity index (χ2v) is 5.57. The van der Waals surface area contributed by atoms with Gasteiger partial charge in [-0.1, -0.05) is 18.2 Å². The Morgan fingerprint density at radius 2 is 2.09 bits per heavy atom. The zero-order valence-corrected chi connectivity index (χ0v) is 12.8. The van der Waals surface area contributed by atoms with E-state index in [1.807, 2.05) is 41.3 Å². The molecule has 22 heavy (non-hydrogen) atoms. The maximum absolute atomic E-state index is 12.2. The van der Waals surface area contributed by atoms with Crippen LogP contribution in [0, 0.1) is 11.3 Å². The van der Waals surface area contributed by atoms with Crippen LogP contribution in [0.5, 0.6) is 0 Å². The fourth-order valence-electron chi connectivity index (χ4n) is 2.03. The van der Waals surface area contributed by atoms with E-state index in [9.17, 15) is 4.79 Å². The Bertz CT molecular complexity index is 649. The Morgan fingerprint density at radius 3 is 2.77 bits per heavy atom. The molecule has 0 aliphatic heterocycles. The predicted molar refractivity (Wildman–Crippen MR) is 88.0 cm³/mol. The lowest BCUT2D eigenvalue weighted by molar-refractivity contribution is -0.115. The van der Waals surface area contributed by atoms with Gasteiger partial charge in [0.05, 0.1) is 12.1 Å². The summed E-state index contributed by atoms with van der Waals surface area (Å²) in [4.78, 5) is 14.1. The first kappa shape index (κ1) is 16.0. The van der Waals surface area contributed by atoms with Gasteiger partial charge in [-0.2, -0.15) is 5.26 Å². The van der Waals surface area contributed by atoms with Crippen molar-refractivity contribution in [3.63, 3.8) is 0 Å². The molecule has 5 nitrogen and oxygen atoms in total. The Hall–Kier alpha value is -2.36. The van der Waals surface area contributed by atoms with E-state index >= 15 is 0 Å². The van der Waals surface area contributed by atoms with Gasteiger partial charge in [-0.25, -0.2) is 0 Å². The van der Waals surface area contributed by atoms with E-state index in [4.69, 9.17) is 10.4 Å². The number of para-hydroxylation sites is 1. The van der Waals surface area contributed by atoms with Crippen LogP contribution in [0.2, 0.25) is 0 Å². The normalized spacial score (nSPS) is 10.0. The molecule has 1 aromatic heterocycles. The number of hydrogen-bond donors (Lipinski definition) is 2. The summed E-state index contributed by atoms with van der Waals surface area (Å²) in [5.74, 6) is -0.180. The molecule has 2 aromatic rings. The summed E-state index contributed by atoms with van der Waals surface area (Å²) in [6.07, 6.45) is 0.588. The summed E-state index contributed by atoms with van der Waals surface area (Å²) in [5.41, 5.74) is 1.40. The van der Waals surface area contributed by atoms with Crippen LogP contribution >= 0.6 is 11.3 Å². The van der Waals surface area contributed by atoms with Gasteiger partial charge in [-0.05, 0) is 30.0 Å². The van der Waals surface area contributed by atoms with Crippen LogP contribution in [0.15, 0.2) is 41.8 Å². The molecule has 0 aliphatic carbocycles. The number of benzene rings is 1.